The molecule has 0 saturated carbocycles. The van der Waals surface area contributed by atoms with Gasteiger partial charge in [0, 0.05) is 30.1 Å². The molecule has 2 amide bonds. The van der Waals surface area contributed by atoms with Crippen LogP contribution in [0.5, 0.6) is 0 Å². The van der Waals surface area contributed by atoms with Gasteiger partial charge in [-0.15, -0.1) is 0 Å². The van der Waals surface area contributed by atoms with Crippen molar-refractivity contribution in [3.05, 3.63) is 101 Å². The molecule has 1 aromatic heterocycles. The van der Waals surface area contributed by atoms with Gasteiger partial charge in [0.2, 0.25) is 0 Å². The number of nitrogens with zero attached hydrogens (tertiary/aromatic N) is 2. The molecule has 160 valence electrons. The van der Waals surface area contributed by atoms with Crippen LogP contribution in [0.25, 0.3) is 16.9 Å². The Morgan fingerprint density at radius 3 is 2.34 bits per heavy atom. The minimum atomic E-state index is -0.297. The molecule has 0 bridgehead atoms. The molecule has 3 aromatic carbocycles. The van der Waals surface area contributed by atoms with Gasteiger partial charge in [-0.2, -0.15) is 5.10 Å². The van der Waals surface area contributed by atoms with Crippen molar-refractivity contribution in [3.8, 4) is 16.9 Å². The molecule has 0 aliphatic carbocycles. The Labute approximate surface area is 186 Å². The zero-order valence-corrected chi connectivity index (χ0v) is 18.2. The van der Waals surface area contributed by atoms with Crippen molar-refractivity contribution in [3.63, 3.8) is 0 Å². The van der Waals surface area contributed by atoms with Crippen molar-refractivity contribution >= 4 is 17.5 Å². The van der Waals surface area contributed by atoms with E-state index in [0.29, 0.717) is 22.5 Å². The third-order valence-electron chi connectivity index (χ3n) is 5.37. The molecule has 0 saturated heterocycles. The minimum Gasteiger partial charge on any atom is -0.355 e. The number of hydrogen-bond acceptors (Lipinski definition) is 3. The molecule has 6 nitrogen and oxygen atoms in total. The van der Waals surface area contributed by atoms with Gasteiger partial charge in [0.15, 0.2) is 0 Å². The highest BCUT2D eigenvalue weighted by molar-refractivity contribution is 6.08. The van der Waals surface area contributed by atoms with Gasteiger partial charge in [0.05, 0.1) is 11.3 Å². The largest absolute Gasteiger partial charge is 0.355 e. The van der Waals surface area contributed by atoms with Crippen LogP contribution in [0.1, 0.15) is 31.8 Å². The van der Waals surface area contributed by atoms with Crippen molar-refractivity contribution in [2.24, 2.45) is 0 Å². The molecule has 0 aliphatic heterocycles. The summed E-state index contributed by atoms with van der Waals surface area (Å²) in [5.41, 5.74) is 6.08. The van der Waals surface area contributed by atoms with Crippen molar-refractivity contribution < 1.29 is 9.59 Å². The molecule has 2 N–H and O–H groups in total. The van der Waals surface area contributed by atoms with E-state index in [4.69, 9.17) is 5.10 Å². The average Bonchev–Trinajstić information content (AvgIpc) is 3.27. The van der Waals surface area contributed by atoms with E-state index < -0.39 is 0 Å². The van der Waals surface area contributed by atoms with Crippen molar-refractivity contribution in [2.75, 3.05) is 12.4 Å². The predicted octanol–water partition coefficient (Wildman–Crippen LogP) is 4.77. The van der Waals surface area contributed by atoms with Crippen LogP contribution in [-0.2, 0) is 0 Å². The highest BCUT2D eigenvalue weighted by Gasteiger charge is 2.19. The second kappa shape index (κ2) is 8.89. The lowest BCUT2D eigenvalue weighted by Gasteiger charge is -2.08. The van der Waals surface area contributed by atoms with E-state index >= 15 is 0 Å². The fourth-order valence-electron chi connectivity index (χ4n) is 3.44. The van der Waals surface area contributed by atoms with Crippen molar-refractivity contribution in [1.82, 2.24) is 15.1 Å². The number of hydrogen-bond donors (Lipinski definition) is 2. The summed E-state index contributed by atoms with van der Waals surface area (Å²) in [6.45, 7) is 4.09. The zero-order valence-electron chi connectivity index (χ0n) is 18.2. The van der Waals surface area contributed by atoms with Gasteiger partial charge in [-0.1, -0.05) is 36.4 Å². The molecule has 0 unspecified atom stereocenters. The van der Waals surface area contributed by atoms with Gasteiger partial charge >= 0.3 is 0 Å². The number of anilines is 1. The first-order chi connectivity index (χ1) is 15.5. The molecule has 0 spiro atoms. The summed E-state index contributed by atoms with van der Waals surface area (Å²) in [4.78, 5) is 25.2. The topological polar surface area (TPSA) is 76.0 Å². The van der Waals surface area contributed by atoms with E-state index in [9.17, 15) is 9.59 Å². The Hall–Kier alpha value is -4.19. The number of rotatable bonds is 5. The third kappa shape index (κ3) is 4.30. The molecule has 1 heterocycles. The van der Waals surface area contributed by atoms with Gasteiger partial charge in [-0.3, -0.25) is 9.59 Å². The van der Waals surface area contributed by atoms with E-state index in [-0.39, 0.29) is 11.8 Å². The monoisotopic (exact) mass is 424 g/mol. The minimum absolute atomic E-state index is 0.214. The smallest absolute Gasteiger partial charge is 0.259 e. The summed E-state index contributed by atoms with van der Waals surface area (Å²) in [7, 11) is 1.57. The Balaban J connectivity index is 1.75. The Morgan fingerprint density at radius 1 is 0.844 bits per heavy atom. The van der Waals surface area contributed by atoms with E-state index in [1.54, 1.807) is 42.2 Å². The lowest BCUT2D eigenvalue weighted by molar-refractivity contribution is 0.0961. The first-order valence-electron chi connectivity index (χ1n) is 10.3. The Kier molecular flexibility index (Phi) is 5.85. The number of aryl methyl sites for hydroxylation is 2. The number of para-hydroxylation sites is 1. The van der Waals surface area contributed by atoms with Gasteiger partial charge < -0.3 is 10.6 Å². The lowest BCUT2D eigenvalue weighted by Crippen LogP contribution is -2.18. The maximum Gasteiger partial charge on any atom is 0.259 e. The van der Waals surface area contributed by atoms with Crippen molar-refractivity contribution in [1.29, 1.82) is 0 Å². The van der Waals surface area contributed by atoms with Crippen LogP contribution in [0.15, 0.2) is 79.0 Å². The van der Waals surface area contributed by atoms with Crippen LogP contribution < -0.4 is 10.6 Å². The van der Waals surface area contributed by atoms with Gasteiger partial charge in [0.1, 0.15) is 5.69 Å². The molecular weight excluding hydrogens is 400 g/mol. The Bertz CT molecular complexity index is 1290. The van der Waals surface area contributed by atoms with Gasteiger partial charge in [-0.25, -0.2) is 4.68 Å². The number of benzene rings is 3. The van der Waals surface area contributed by atoms with Gasteiger partial charge in [-0.05, 0) is 61.4 Å². The second-order valence-corrected chi connectivity index (χ2v) is 7.58. The number of carbonyl (C=O) groups is 2. The first-order valence-corrected chi connectivity index (χ1v) is 10.3. The summed E-state index contributed by atoms with van der Waals surface area (Å²) in [6, 6.07) is 22.5. The quantitative estimate of drug-likeness (QED) is 0.485. The van der Waals surface area contributed by atoms with E-state index in [2.05, 4.69) is 17.6 Å². The lowest BCUT2D eigenvalue weighted by atomic mass is 10.0. The maximum absolute atomic E-state index is 13.3. The Morgan fingerprint density at radius 2 is 1.62 bits per heavy atom. The summed E-state index contributed by atoms with van der Waals surface area (Å²) in [5.74, 6) is -0.511. The molecule has 0 fully saturated rings. The molecule has 0 radical (unpaired) electrons. The first kappa shape index (κ1) is 21.1. The van der Waals surface area contributed by atoms with Crippen LogP contribution in [0.3, 0.4) is 0 Å². The van der Waals surface area contributed by atoms with E-state index in [1.807, 2.05) is 55.5 Å². The normalized spacial score (nSPS) is 10.6. The number of nitrogens with one attached hydrogen (secondary N) is 2. The number of amides is 2. The highest BCUT2D eigenvalue weighted by Crippen LogP contribution is 2.27. The molecule has 0 atom stereocenters. The van der Waals surface area contributed by atoms with Crippen LogP contribution in [0, 0.1) is 13.8 Å². The summed E-state index contributed by atoms with van der Waals surface area (Å²) < 4.78 is 1.71. The highest BCUT2D eigenvalue weighted by atomic mass is 16.2. The maximum atomic E-state index is 13.3. The molecular formula is C26H24N4O2. The van der Waals surface area contributed by atoms with Crippen LogP contribution in [0.2, 0.25) is 0 Å². The summed E-state index contributed by atoms with van der Waals surface area (Å²) in [5, 5.41) is 10.2. The fourth-order valence-corrected chi connectivity index (χ4v) is 3.44. The molecule has 0 aliphatic rings. The van der Waals surface area contributed by atoms with Crippen LogP contribution in [0.4, 0.5) is 5.69 Å². The molecule has 32 heavy (non-hydrogen) atoms. The molecule has 6 heteroatoms. The molecule has 4 rings (SSSR count). The summed E-state index contributed by atoms with van der Waals surface area (Å²) >= 11 is 0. The zero-order chi connectivity index (χ0) is 22.7. The third-order valence-corrected chi connectivity index (χ3v) is 5.37. The summed E-state index contributed by atoms with van der Waals surface area (Å²) in [6.07, 6.45) is 1.73. The molecule has 4 aromatic rings. The standard InChI is InChI=1S/C26H24N4O2/c1-17-12-13-19(14-18(17)2)24-23(16-30(29-24)22-10-5-4-6-11-22)26(32)28-21-9-7-8-20(15-21)25(31)27-3/h4-16H,1-3H3,(H,27,31)(H,28,32). The van der Waals surface area contributed by atoms with Crippen molar-refractivity contribution in [2.45, 2.75) is 13.8 Å². The average molecular weight is 425 g/mol. The SMILES string of the molecule is CNC(=O)c1cccc(NC(=O)c2cn(-c3ccccc3)nc2-c2ccc(C)c(C)c2)c1. The number of carbonyl (C=O) groups excluding carboxylic acids is 2. The van der Waals surface area contributed by atoms with Crippen LogP contribution >= 0.6 is 0 Å². The predicted molar refractivity (Wildman–Crippen MR) is 126 cm³/mol. The van der Waals surface area contributed by atoms with E-state index in [1.165, 1.54) is 5.56 Å². The van der Waals surface area contributed by atoms with Crippen LogP contribution in [-0.4, -0.2) is 28.6 Å². The van der Waals surface area contributed by atoms with Gasteiger partial charge in [0.25, 0.3) is 11.8 Å². The fraction of sp³-hybridized carbons (Fsp3) is 0.115. The van der Waals surface area contributed by atoms with E-state index in [0.717, 1.165) is 16.8 Å². The number of aromatic nitrogens is 2. The second-order valence-electron chi connectivity index (χ2n) is 7.58.